The summed E-state index contributed by atoms with van der Waals surface area (Å²) in [6, 6.07) is 16.1. The molecule has 8 heteroatoms. The van der Waals surface area contributed by atoms with Gasteiger partial charge in [0, 0.05) is 36.5 Å². The summed E-state index contributed by atoms with van der Waals surface area (Å²) in [6.07, 6.45) is 4.69. The van der Waals surface area contributed by atoms with Crippen LogP contribution in [0.15, 0.2) is 60.1 Å². The molecular weight excluding hydrogens is 422 g/mol. The highest BCUT2D eigenvalue weighted by molar-refractivity contribution is 7.09. The first-order chi connectivity index (χ1) is 15.7. The van der Waals surface area contributed by atoms with Gasteiger partial charge >= 0.3 is 0 Å². The number of aromatic nitrogens is 2. The first-order valence-electron chi connectivity index (χ1n) is 11.1. The second-order valence-electron chi connectivity index (χ2n) is 8.11. The maximum Gasteiger partial charge on any atom is 0.239 e. The number of benzene rings is 1. The summed E-state index contributed by atoms with van der Waals surface area (Å²) >= 11 is 1.67. The van der Waals surface area contributed by atoms with E-state index in [0.717, 1.165) is 32.4 Å². The van der Waals surface area contributed by atoms with Gasteiger partial charge in [-0.15, -0.1) is 11.3 Å². The molecule has 0 saturated carbocycles. The van der Waals surface area contributed by atoms with Crippen molar-refractivity contribution in [3.8, 4) is 0 Å². The molecule has 32 heavy (non-hydrogen) atoms. The molecule has 2 amide bonds. The Labute approximate surface area is 192 Å². The summed E-state index contributed by atoms with van der Waals surface area (Å²) in [5.41, 5.74) is 1.18. The second-order valence-corrected chi connectivity index (χ2v) is 9.14. The minimum atomic E-state index is -0.0386. The van der Waals surface area contributed by atoms with Crippen molar-refractivity contribution in [3.63, 3.8) is 0 Å². The number of nitrogens with one attached hydrogen (secondary N) is 2. The largest absolute Gasteiger partial charge is 0.353 e. The van der Waals surface area contributed by atoms with Crippen molar-refractivity contribution in [3.05, 3.63) is 70.5 Å². The lowest BCUT2D eigenvalue weighted by atomic mass is 10.0. The molecule has 0 bridgehead atoms. The van der Waals surface area contributed by atoms with E-state index in [2.05, 4.69) is 26.7 Å². The van der Waals surface area contributed by atoms with Gasteiger partial charge in [-0.3, -0.25) is 14.5 Å². The van der Waals surface area contributed by atoms with Crippen LogP contribution < -0.4 is 10.6 Å². The van der Waals surface area contributed by atoms with E-state index in [-0.39, 0.29) is 17.9 Å². The summed E-state index contributed by atoms with van der Waals surface area (Å²) in [5, 5.41) is 12.5. The van der Waals surface area contributed by atoms with Crippen LogP contribution in [0, 0.1) is 0 Å². The molecule has 0 aliphatic carbocycles. The number of likely N-dealkylation sites (tertiary alicyclic amines) is 1. The number of piperidine rings is 1. The van der Waals surface area contributed by atoms with Gasteiger partial charge in [-0.25, -0.2) is 4.68 Å². The Morgan fingerprint density at radius 1 is 1.03 bits per heavy atom. The Hall–Kier alpha value is -2.97. The van der Waals surface area contributed by atoms with E-state index in [1.54, 1.807) is 22.2 Å². The molecule has 1 aliphatic heterocycles. The standard InChI is InChI=1S/C24H29N5O2S/c30-23(9-8-19-5-2-1-3-6-19)26-20-11-14-28(15-12-20)18-24(31)27-22-10-13-25-29(22)17-21-7-4-16-32-21/h1-7,10,13,16,20H,8-9,11-12,14-15,17-18H2,(H,26,30)(H,27,31). The maximum absolute atomic E-state index is 12.6. The van der Waals surface area contributed by atoms with Crippen LogP contribution in [0.4, 0.5) is 5.82 Å². The van der Waals surface area contributed by atoms with Crippen molar-refractivity contribution in [1.82, 2.24) is 20.0 Å². The van der Waals surface area contributed by atoms with Crippen LogP contribution >= 0.6 is 11.3 Å². The zero-order valence-corrected chi connectivity index (χ0v) is 18.9. The Balaban J connectivity index is 1.16. The van der Waals surface area contributed by atoms with Gasteiger partial charge in [-0.2, -0.15) is 5.10 Å². The Kier molecular flexibility index (Phi) is 7.68. The predicted molar refractivity (Wildman–Crippen MR) is 127 cm³/mol. The lowest BCUT2D eigenvalue weighted by Crippen LogP contribution is -2.46. The van der Waals surface area contributed by atoms with Crippen LogP contribution in [0.3, 0.4) is 0 Å². The number of amides is 2. The average molecular weight is 452 g/mol. The van der Waals surface area contributed by atoms with E-state index in [9.17, 15) is 9.59 Å². The third-order valence-electron chi connectivity index (χ3n) is 5.67. The quantitative estimate of drug-likeness (QED) is 0.524. The first-order valence-corrected chi connectivity index (χ1v) is 11.9. The van der Waals surface area contributed by atoms with Gasteiger partial charge in [-0.1, -0.05) is 36.4 Å². The normalized spacial score (nSPS) is 14.9. The molecule has 1 aliphatic rings. The summed E-state index contributed by atoms with van der Waals surface area (Å²) in [5.74, 6) is 0.774. The number of thiophene rings is 1. The van der Waals surface area contributed by atoms with Crippen molar-refractivity contribution in [2.24, 2.45) is 0 Å². The van der Waals surface area contributed by atoms with Crippen molar-refractivity contribution in [2.45, 2.75) is 38.3 Å². The van der Waals surface area contributed by atoms with Crippen molar-refractivity contribution < 1.29 is 9.59 Å². The molecule has 3 heterocycles. The van der Waals surface area contributed by atoms with Gasteiger partial charge in [0.05, 0.1) is 19.3 Å². The topological polar surface area (TPSA) is 79.3 Å². The van der Waals surface area contributed by atoms with Crippen molar-refractivity contribution >= 4 is 29.0 Å². The molecule has 1 aromatic carbocycles. The molecule has 0 spiro atoms. The van der Waals surface area contributed by atoms with Crippen LogP contribution in [-0.4, -0.2) is 52.2 Å². The highest BCUT2D eigenvalue weighted by Gasteiger charge is 2.22. The first kappa shape index (κ1) is 22.2. The molecule has 3 aromatic rings. The average Bonchev–Trinajstić information content (AvgIpc) is 3.47. The van der Waals surface area contributed by atoms with Gasteiger partial charge < -0.3 is 10.6 Å². The number of carbonyl (C=O) groups excluding carboxylic acids is 2. The van der Waals surface area contributed by atoms with E-state index in [0.29, 0.717) is 25.3 Å². The van der Waals surface area contributed by atoms with E-state index in [1.165, 1.54) is 10.4 Å². The van der Waals surface area contributed by atoms with E-state index < -0.39 is 0 Å². The van der Waals surface area contributed by atoms with Crippen LogP contribution in [0.5, 0.6) is 0 Å². The summed E-state index contributed by atoms with van der Waals surface area (Å²) in [6.45, 7) is 2.59. The summed E-state index contributed by atoms with van der Waals surface area (Å²) < 4.78 is 1.81. The lowest BCUT2D eigenvalue weighted by molar-refractivity contribution is -0.122. The summed E-state index contributed by atoms with van der Waals surface area (Å²) in [4.78, 5) is 28.2. The van der Waals surface area contributed by atoms with Gasteiger partial charge in [0.1, 0.15) is 5.82 Å². The molecule has 0 radical (unpaired) electrons. The minimum Gasteiger partial charge on any atom is -0.353 e. The van der Waals surface area contributed by atoms with E-state index in [1.807, 2.05) is 47.8 Å². The van der Waals surface area contributed by atoms with Crippen molar-refractivity contribution in [1.29, 1.82) is 0 Å². The molecular formula is C24H29N5O2S. The third-order valence-corrected chi connectivity index (χ3v) is 6.53. The van der Waals surface area contributed by atoms with Gasteiger partial charge in [0.25, 0.3) is 0 Å². The maximum atomic E-state index is 12.6. The van der Waals surface area contributed by atoms with Crippen LogP contribution in [-0.2, 0) is 22.6 Å². The highest BCUT2D eigenvalue weighted by Crippen LogP contribution is 2.15. The van der Waals surface area contributed by atoms with Crippen LogP contribution in [0.2, 0.25) is 0 Å². The monoisotopic (exact) mass is 451 g/mol. The number of rotatable bonds is 9. The number of hydrogen-bond acceptors (Lipinski definition) is 5. The van der Waals surface area contributed by atoms with Gasteiger partial charge in [0.2, 0.25) is 11.8 Å². The third kappa shape index (κ3) is 6.51. The van der Waals surface area contributed by atoms with Crippen molar-refractivity contribution in [2.75, 3.05) is 25.0 Å². The highest BCUT2D eigenvalue weighted by atomic mass is 32.1. The molecule has 168 valence electrons. The molecule has 4 rings (SSSR count). The predicted octanol–water partition coefficient (Wildman–Crippen LogP) is 3.14. The molecule has 7 nitrogen and oxygen atoms in total. The fraction of sp³-hybridized carbons (Fsp3) is 0.375. The number of nitrogens with zero attached hydrogens (tertiary/aromatic N) is 3. The fourth-order valence-corrected chi connectivity index (χ4v) is 4.62. The zero-order chi connectivity index (χ0) is 22.2. The van der Waals surface area contributed by atoms with Gasteiger partial charge in [0.15, 0.2) is 0 Å². The number of aryl methyl sites for hydroxylation is 1. The number of hydrogen-bond donors (Lipinski definition) is 2. The Bertz CT molecular complexity index is 995. The van der Waals surface area contributed by atoms with E-state index >= 15 is 0 Å². The number of carbonyl (C=O) groups is 2. The Morgan fingerprint density at radius 3 is 2.59 bits per heavy atom. The van der Waals surface area contributed by atoms with Crippen LogP contribution in [0.25, 0.3) is 0 Å². The fourth-order valence-electron chi connectivity index (χ4n) is 3.94. The molecule has 0 atom stereocenters. The molecule has 2 aromatic heterocycles. The van der Waals surface area contributed by atoms with E-state index in [4.69, 9.17) is 0 Å². The SMILES string of the molecule is O=C(CN1CCC(NC(=O)CCc2ccccc2)CC1)Nc1ccnn1Cc1cccs1. The lowest BCUT2D eigenvalue weighted by Gasteiger charge is -2.31. The Morgan fingerprint density at radius 2 is 1.84 bits per heavy atom. The molecule has 2 N–H and O–H groups in total. The molecule has 1 saturated heterocycles. The summed E-state index contributed by atoms with van der Waals surface area (Å²) in [7, 11) is 0. The molecule has 1 fully saturated rings. The smallest absolute Gasteiger partial charge is 0.239 e. The zero-order valence-electron chi connectivity index (χ0n) is 18.1. The minimum absolute atomic E-state index is 0.0386. The number of anilines is 1. The van der Waals surface area contributed by atoms with Gasteiger partial charge in [-0.05, 0) is 36.3 Å². The van der Waals surface area contributed by atoms with Crippen LogP contribution in [0.1, 0.15) is 29.7 Å². The molecule has 0 unspecified atom stereocenters. The second kappa shape index (κ2) is 11.1.